The molecule has 0 N–H and O–H groups in total. The van der Waals surface area contributed by atoms with Crippen LogP contribution in [-0.2, 0) is 30.8 Å². The van der Waals surface area contributed by atoms with Crippen LogP contribution in [0.15, 0.2) is 72.8 Å². The maximum atomic E-state index is 13.9. The lowest BCUT2D eigenvalue weighted by Gasteiger charge is -2.32. The maximum Gasteiger partial charge on any atom is 0.274 e. The Hall–Kier alpha value is -3.23. The van der Waals surface area contributed by atoms with Gasteiger partial charge in [-0.1, -0.05) is 41.9 Å². The molecule has 2 aliphatic heterocycles. The smallest absolute Gasteiger partial charge is 0.274 e. The van der Waals surface area contributed by atoms with Crippen molar-refractivity contribution in [2.24, 2.45) is 0 Å². The second-order valence-corrected chi connectivity index (χ2v) is 10.2. The summed E-state index contributed by atoms with van der Waals surface area (Å²) in [6.07, 6.45) is 0. The molecule has 1 fully saturated rings. The molecule has 0 saturated carbocycles. The summed E-state index contributed by atoms with van der Waals surface area (Å²) >= 11 is 5.97. The third-order valence-electron chi connectivity index (χ3n) is 5.76. The van der Waals surface area contributed by atoms with Crippen LogP contribution in [0.4, 0.5) is 15.8 Å². The highest BCUT2D eigenvalue weighted by Gasteiger charge is 2.69. The number of fused-ring (bicyclic) bond motifs is 2. The van der Waals surface area contributed by atoms with Crippen molar-refractivity contribution < 1.29 is 22.4 Å². The van der Waals surface area contributed by atoms with Gasteiger partial charge in [0, 0.05) is 16.3 Å². The fraction of sp³-hybridized carbons (Fsp3) is 0.130. The molecule has 1 unspecified atom stereocenters. The Balaban J connectivity index is 1.72. The quantitative estimate of drug-likeness (QED) is 0.585. The summed E-state index contributed by atoms with van der Waals surface area (Å²) in [7, 11) is -4.25. The van der Waals surface area contributed by atoms with Gasteiger partial charge >= 0.3 is 0 Å². The van der Waals surface area contributed by atoms with E-state index in [4.69, 9.17) is 11.6 Å². The van der Waals surface area contributed by atoms with Crippen molar-refractivity contribution in [3.8, 4) is 0 Å². The van der Waals surface area contributed by atoms with Gasteiger partial charge in [-0.25, -0.2) is 12.8 Å². The van der Waals surface area contributed by atoms with E-state index >= 15 is 0 Å². The van der Waals surface area contributed by atoms with E-state index in [1.54, 1.807) is 24.3 Å². The molecular weight excluding hydrogens is 455 g/mol. The van der Waals surface area contributed by atoms with E-state index in [2.05, 4.69) is 0 Å². The van der Waals surface area contributed by atoms with E-state index in [0.29, 0.717) is 16.3 Å². The van der Waals surface area contributed by atoms with Gasteiger partial charge in [0.15, 0.2) is 9.84 Å². The largest absolute Gasteiger partial charge is 0.304 e. The Morgan fingerprint density at radius 2 is 1.59 bits per heavy atom. The molecule has 32 heavy (non-hydrogen) atoms. The molecular formula is C23H16ClFN2O4S. The summed E-state index contributed by atoms with van der Waals surface area (Å²) < 4.78 is 40.3. The topological polar surface area (TPSA) is 74.8 Å². The van der Waals surface area contributed by atoms with Crippen LogP contribution in [-0.4, -0.2) is 26.0 Å². The number of anilines is 2. The van der Waals surface area contributed by atoms with Crippen LogP contribution < -0.4 is 9.80 Å². The van der Waals surface area contributed by atoms with Crippen LogP contribution in [0.3, 0.4) is 0 Å². The summed E-state index contributed by atoms with van der Waals surface area (Å²) in [6.45, 7) is 0.0239. The first kappa shape index (κ1) is 20.7. The second kappa shape index (κ2) is 7.15. The number of hydrogen-bond donors (Lipinski definition) is 0. The average molecular weight is 471 g/mol. The summed E-state index contributed by atoms with van der Waals surface area (Å²) in [5.74, 6) is -2.65. The number of nitrogens with zero attached hydrogens (tertiary/aromatic N) is 2. The summed E-state index contributed by atoms with van der Waals surface area (Å²) in [5, 5.41) is 0.411. The van der Waals surface area contributed by atoms with Crippen LogP contribution in [0.2, 0.25) is 5.02 Å². The highest BCUT2D eigenvalue weighted by molar-refractivity contribution is 7.94. The van der Waals surface area contributed by atoms with Gasteiger partial charge in [-0.2, -0.15) is 0 Å². The van der Waals surface area contributed by atoms with E-state index in [-0.39, 0.29) is 17.8 Å². The predicted octanol–water partition coefficient (Wildman–Crippen LogP) is 3.64. The van der Waals surface area contributed by atoms with Crippen molar-refractivity contribution in [3.05, 3.63) is 94.8 Å². The molecule has 0 bridgehead atoms. The number of halogens is 2. The Kier molecular flexibility index (Phi) is 4.61. The van der Waals surface area contributed by atoms with Crippen LogP contribution in [0.5, 0.6) is 0 Å². The molecule has 2 aliphatic rings. The lowest BCUT2D eigenvalue weighted by atomic mass is 10.0. The van der Waals surface area contributed by atoms with Crippen molar-refractivity contribution in [1.29, 1.82) is 0 Å². The summed E-state index contributed by atoms with van der Waals surface area (Å²) in [4.78, 5) is 27.1. The van der Waals surface area contributed by atoms with Gasteiger partial charge in [-0.05, 0) is 48.0 Å². The zero-order valence-corrected chi connectivity index (χ0v) is 18.1. The molecule has 9 heteroatoms. The number of carbonyl (C=O) groups excluding carboxylic acids is 2. The lowest BCUT2D eigenvalue weighted by molar-refractivity contribution is -0.123. The molecule has 0 aromatic heterocycles. The van der Waals surface area contributed by atoms with Crippen molar-refractivity contribution >= 4 is 44.6 Å². The minimum absolute atomic E-state index is 0.0239. The first-order valence-corrected chi connectivity index (χ1v) is 11.8. The number of rotatable bonds is 3. The molecule has 1 saturated heterocycles. The van der Waals surface area contributed by atoms with Crippen molar-refractivity contribution in [3.63, 3.8) is 0 Å². The molecule has 5 rings (SSSR count). The van der Waals surface area contributed by atoms with Crippen LogP contribution in [0.25, 0.3) is 0 Å². The van der Waals surface area contributed by atoms with Gasteiger partial charge in [0.2, 0.25) is 5.91 Å². The molecule has 1 spiro atoms. The molecule has 0 aliphatic carbocycles. The Morgan fingerprint density at radius 1 is 0.938 bits per heavy atom. The van der Waals surface area contributed by atoms with E-state index in [1.807, 2.05) is 0 Å². The van der Waals surface area contributed by atoms with E-state index in [9.17, 15) is 22.4 Å². The van der Waals surface area contributed by atoms with Gasteiger partial charge in [0.05, 0.1) is 12.2 Å². The first-order valence-electron chi connectivity index (χ1n) is 9.72. The van der Waals surface area contributed by atoms with Crippen molar-refractivity contribution in [1.82, 2.24) is 0 Å². The van der Waals surface area contributed by atoms with E-state index in [0.717, 1.165) is 4.90 Å². The van der Waals surface area contributed by atoms with Gasteiger partial charge in [0.1, 0.15) is 11.6 Å². The van der Waals surface area contributed by atoms with Crippen molar-refractivity contribution in [2.45, 2.75) is 11.4 Å². The first-order chi connectivity index (χ1) is 15.3. The monoisotopic (exact) mass is 470 g/mol. The number of benzene rings is 3. The normalized spacial score (nSPS) is 21.4. The number of carbonyl (C=O) groups is 2. The fourth-order valence-corrected chi connectivity index (χ4v) is 6.57. The van der Waals surface area contributed by atoms with Gasteiger partial charge < -0.3 is 4.90 Å². The fourth-order valence-electron chi connectivity index (χ4n) is 4.41. The second-order valence-electron chi connectivity index (χ2n) is 7.64. The molecule has 3 aromatic rings. The number of hydrogen-bond acceptors (Lipinski definition) is 4. The average Bonchev–Trinajstić information content (AvgIpc) is 3.13. The van der Waals surface area contributed by atoms with Crippen LogP contribution in [0, 0.1) is 5.82 Å². The molecule has 0 radical (unpaired) electrons. The van der Waals surface area contributed by atoms with E-state index in [1.165, 1.54) is 53.4 Å². The summed E-state index contributed by atoms with van der Waals surface area (Å²) in [5.41, 5.74) is 1.48. The molecule has 162 valence electrons. The lowest BCUT2D eigenvalue weighted by Crippen LogP contribution is -2.54. The van der Waals surface area contributed by atoms with Gasteiger partial charge in [-0.3, -0.25) is 14.5 Å². The minimum Gasteiger partial charge on any atom is -0.304 e. The van der Waals surface area contributed by atoms with Crippen LogP contribution in [0.1, 0.15) is 11.1 Å². The maximum absolute atomic E-state index is 13.9. The SMILES string of the molecule is O=C1CS(=O)(=O)C2(C(=O)N(Cc3ccc(F)cc3)c3ccccc32)N1c1ccc(Cl)cc1. The zero-order chi connectivity index (χ0) is 22.7. The van der Waals surface area contributed by atoms with Crippen LogP contribution >= 0.6 is 11.6 Å². The highest BCUT2D eigenvalue weighted by Crippen LogP contribution is 2.52. The van der Waals surface area contributed by atoms with Crippen molar-refractivity contribution in [2.75, 3.05) is 15.6 Å². The molecule has 1 atom stereocenters. The Labute approximate surface area is 188 Å². The van der Waals surface area contributed by atoms with E-state index < -0.39 is 38.1 Å². The third kappa shape index (κ3) is 2.79. The standard InChI is InChI=1S/C23H16ClFN2O4S/c24-16-7-11-18(12-8-16)27-21(28)14-32(30,31)23(27)19-3-1-2-4-20(19)26(22(23)29)13-15-5-9-17(25)10-6-15/h1-12H,13-14H2. The number of sulfone groups is 1. The number of para-hydroxylation sites is 1. The van der Waals surface area contributed by atoms with Gasteiger partial charge in [0.25, 0.3) is 10.8 Å². The minimum atomic E-state index is -4.25. The highest BCUT2D eigenvalue weighted by atomic mass is 35.5. The Morgan fingerprint density at radius 3 is 2.28 bits per heavy atom. The summed E-state index contributed by atoms with van der Waals surface area (Å²) in [6, 6.07) is 18.2. The molecule has 2 heterocycles. The van der Waals surface area contributed by atoms with Gasteiger partial charge in [-0.15, -0.1) is 0 Å². The Bertz CT molecular complexity index is 1360. The number of amides is 2. The molecule has 2 amide bonds. The third-order valence-corrected chi connectivity index (χ3v) is 8.12. The zero-order valence-electron chi connectivity index (χ0n) is 16.5. The predicted molar refractivity (Wildman–Crippen MR) is 118 cm³/mol. The molecule has 6 nitrogen and oxygen atoms in total. The molecule has 3 aromatic carbocycles.